The quantitative estimate of drug-likeness (QED) is 0.680. The first-order chi connectivity index (χ1) is 10.3. The number of carbonyl (C=O) groups is 1. The van der Waals surface area contributed by atoms with Crippen molar-refractivity contribution in [1.29, 1.82) is 0 Å². The standard InChI is InChI=1S/C14H19N5O2/c1-21-8-7-15-5-6-17-14(20)12-3-2-4-13(9-12)19-11-16-10-18-19/h2-4,9-11,15H,5-8H2,1H3,(H,17,20). The third-order valence-corrected chi connectivity index (χ3v) is 2.86. The highest BCUT2D eigenvalue weighted by atomic mass is 16.5. The van der Waals surface area contributed by atoms with Crippen LogP contribution in [0, 0.1) is 0 Å². The van der Waals surface area contributed by atoms with Crippen molar-refractivity contribution in [3.8, 4) is 5.69 Å². The minimum Gasteiger partial charge on any atom is -0.383 e. The first-order valence-electron chi connectivity index (χ1n) is 6.74. The van der Waals surface area contributed by atoms with Crippen LogP contribution < -0.4 is 10.6 Å². The summed E-state index contributed by atoms with van der Waals surface area (Å²) in [6.45, 7) is 2.70. The third-order valence-electron chi connectivity index (χ3n) is 2.86. The smallest absolute Gasteiger partial charge is 0.251 e. The Morgan fingerprint density at radius 3 is 3.00 bits per heavy atom. The van der Waals surface area contributed by atoms with E-state index < -0.39 is 0 Å². The molecule has 0 spiro atoms. The Hall–Kier alpha value is -2.25. The van der Waals surface area contributed by atoms with Gasteiger partial charge in [-0.15, -0.1) is 0 Å². The molecule has 0 unspecified atom stereocenters. The number of ether oxygens (including phenoxy) is 1. The molecule has 0 aliphatic heterocycles. The zero-order chi connectivity index (χ0) is 14.9. The minimum absolute atomic E-state index is 0.106. The monoisotopic (exact) mass is 289 g/mol. The topological polar surface area (TPSA) is 81.1 Å². The number of aromatic nitrogens is 3. The van der Waals surface area contributed by atoms with Gasteiger partial charge in [-0.05, 0) is 18.2 Å². The Balaban J connectivity index is 1.84. The number of hydrogen-bond acceptors (Lipinski definition) is 5. The Labute approximate surface area is 123 Å². The number of methoxy groups -OCH3 is 1. The fourth-order valence-electron chi connectivity index (χ4n) is 1.80. The second-order valence-corrected chi connectivity index (χ2v) is 4.39. The molecule has 0 bridgehead atoms. The number of carbonyl (C=O) groups excluding carboxylic acids is 1. The number of amides is 1. The van der Waals surface area contributed by atoms with Crippen LogP contribution in [0.2, 0.25) is 0 Å². The molecule has 0 saturated carbocycles. The molecule has 0 radical (unpaired) electrons. The molecular formula is C14H19N5O2. The molecule has 1 aromatic carbocycles. The van der Waals surface area contributed by atoms with Gasteiger partial charge >= 0.3 is 0 Å². The largest absolute Gasteiger partial charge is 0.383 e. The highest BCUT2D eigenvalue weighted by Crippen LogP contribution is 2.08. The van der Waals surface area contributed by atoms with Crippen LogP contribution in [0.25, 0.3) is 5.69 Å². The van der Waals surface area contributed by atoms with Crippen LogP contribution >= 0.6 is 0 Å². The molecule has 0 fully saturated rings. The molecule has 2 rings (SSSR count). The van der Waals surface area contributed by atoms with Crippen molar-refractivity contribution in [3.63, 3.8) is 0 Å². The number of nitrogens with one attached hydrogen (secondary N) is 2. The average molecular weight is 289 g/mol. The lowest BCUT2D eigenvalue weighted by Gasteiger charge is -2.08. The molecule has 0 saturated heterocycles. The Bertz CT molecular complexity index is 556. The lowest BCUT2D eigenvalue weighted by Crippen LogP contribution is -2.33. The Morgan fingerprint density at radius 2 is 2.24 bits per heavy atom. The molecule has 0 aliphatic carbocycles. The fraction of sp³-hybridized carbons (Fsp3) is 0.357. The molecule has 2 aromatic rings. The molecule has 0 aliphatic rings. The van der Waals surface area contributed by atoms with Gasteiger partial charge in [0.1, 0.15) is 12.7 Å². The average Bonchev–Trinajstić information content (AvgIpc) is 3.05. The van der Waals surface area contributed by atoms with Gasteiger partial charge in [0.2, 0.25) is 0 Å². The van der Waals surface area contributed by atoms with E-state index in [2.05, 4.69) is 20.7 Å². The molecule has 0 atom stereocenters. The first-order valence-corrected chi connectivity index (χ1v) is 6.74. The number of nitrogens with zero attached hydrogens (tertiary/aromatic N) is 3. The maximum absolute atomic E-state index is 12.0. The van der Waals surface area contributed by atoms with E-state index >= 15 is 0 Å². The lowest BCUT2D eigenvalue weighted by atomic mass is 10.2. The fourth-order valence-corrected chi connectivity index (χ4v) is 1.80. The zero-order valence-electron chi connectivity index (χ0n) is 12.0. The molecule has 7 heteroatoms. The van der Waals surface area contributed by atoms with Crippen molar-refractivity contribution in [2.24, 2.45) is 0 Å². The van der Waals surface area contributed by atoms with Gasteiger partial charge in [0.05, 0.1) is 12.3 Å². The van der Waals surface area contributed by atoms with Gasteiger partial charge in [-0.2, -0.15) is 5.10 Å². The third kappa shape index (κ3) is 4.66. The Morgan fingerprint density at radius 1 is 1.33 bits per heavy atom. The van der Waals surface area contributed by atoms with E-state index in [9.17, 15) is 4.79 Å². The van der Waals surface area contributed by atoms with Crippen molar-refractivity contribution in [1.82, 2.24) is 25.4 Å². The van der Waals surface area contributed by atoms with Crippen molar-refractivity contribution in [3.05, 3.63) is 42.5 Å². The van der Waals surface area contributed by atoms with Crippen molar-refractivity contribution < 1.29 is 9.53 Å². The highest BCUT2D eigenvalue weighted by Gasteiger charge is 2.06. The van der Waals surface area contributed by atoms with Crippen LogP contribution in [0.5, 0.6) is 0 Å². The van der Waals surface area contributed by atoms with E-state index in [4.69, 9.17) is 4.74 Å². The zero-order valence-corrected chi connectivity index (χ0v) is 12.0. The number of benzene rings is 1. The summed E-state index contributed by atoms with van der Waals surface area (Å²) < 4.78 is 6.54. The molecule has 1 amide bonds. The second kappa shape index (κ2) is 8.13. The summed E-state index contributed by atoms with van der Waals surface area (Å²) in [4.78, 5) is 15.9. The van der Waals surface area contributed by atoms with Gasteiger partial charge in [-0.25, -0.2) is 9.67 Å². The summed E-state index contributed by atoms with van der Waals surface area (Å²) in [5, 5.41) is 10.1. The molecule has 2 N–H and O–H groups in total. The van der Waals surface area contributed by atoms with Gasteiger partial charge in [0, 0.05) is 32.3 Å². The molecule has 7 nitrogen and oxygen atoms in total. The van der Waals surface area contributed by atoms with Gasteiger partial charge < -0.3 is 15.4 Å². The molecule has 1 aromatic heterocycles. The van der Waals surface area contributed by atoms with Crippen molar-refractivity contribution >= 4 is 5.91 Å². The maximum Gasteiger partial charge on any atom is 0.251 e. The van der Waals surface area contributed by atoms with Crippen LogP contribution in [0.3, 0.4) is 0 Å². The van der Waals surface area contributed by atoms with E-state index in [-0.39, 0.29) is 5.91 Å². The van der Waals surface area contributed by atoms with Gasteiger partial charge in [0.15, 0.2) is 0 Å². The van der Waals surface area contributed by atoms with E-state index in [1.54, 1.807) is 30.3 Å². The maximum atomic E-state index is 12.0. The summed E-state index contributed by atoms with van der Waals surface area (Å²) in [5.41, 5.74) is 1.40. The molecule has 21 heavy (non-hydrogen) atoms. The first kappa shape index (κ1) is 15.1. The van der Waals surface area contributed by atoms with Crippen LogP contribution in [-0.2, 0) is 4.74 Å². The van der Waals surface area contributed by atoms with Crippen LogP contribution in [0.4, 0.5) is 0 Å². The van der Waals surface area contributed by atoms with Crippen molar-refractivity contribution in [2.75, 3.05) is 33.4 Å². The minimum atomic E-state index is -0.106. The van der Waals surface area contributed by atoms with E-state index in [1.807, 2.05) is 12.1 Å². The van der Waals surface area contributed by atoms with Crippen LogP contribution in [0.1, 0.15) is 10.4 Å². The van der Waals surface area contributed by atoms with Gasteiger partial charge in [-0.1, -0.05) is 6.07 Å². The van der Waals surface area contributed by atoms with Crippen molar-refractivity contribution in [2.45, 2.75) is 0 Å². The highest BCUT2D eigenvalue weighted by molar-refractivity contribution is 5.94. The van der Waals surface area contributed by atoms with E-state index in [0.29, 0.717) is 25.3 Å². The van der Waals surface area contributed by atoms with Gasteiger partial charge in [0.25, 0.3) is 5.91 Å². The normalized spacial score (nSPS) is 10.5. The summed E-state index contributed by atoms with van der Waals surface area (Å²) in [7, 11) is 1.66. The lowest BCUT2D eigenvalue weighted by molar-refractivity contribution is 0.0953. The van der Waals surface area contributed by atoms with E-state index in [1.165, 1.54) is 6.33 Å². The predicted octanol–water partition coefficient (Wildman–Crippen LogP) is 0.233. The van der Waals surface area contributed by atoms with Gasteiger partial charge in [-0.3, -0.25) is 4.79 Å². The summed E-state index contributed by atoms with van der Waals surface area (Å²) in [6, 6.07) is 7.25. The summed E-state index contributed by atoms with van der Waals surface area (Å²) >= 11 is 0. The molecule has 1 heterocycles. The SMILES string of the molecule is COCCNCCNC(=O)c1cccc(-n2cncn2)c1. The number of hydrogen-bond donors (Lipinski definition) is 2. The summed E-state index contributed by atoms with van der Waals surface area (Å²) in [5.74, 6) is -0.106. The second-order valence-electron chi connectivity index (χ2n) is 4.39. The predicted molar refractivity (Wildman–Crippen MR) is 78.4 cm³/mol. The molecular weight excluding hydrogens is 270 g/mol. The van der Waals surface area contributed by atoms with Crippen LogP contribution in [-0.4, -0.2) is 54.0 Å². The Kier molecular flexibility index (Phi) is 5.86. The van der Waals surface area contributed by atoms with Crippen LogP contribution in [0.15, 0.2) is 36.9 Å². The number of rotatable bonds is 8. The summed E-state index contributed by atoms with van der Waals surface area (Å²) in [6.07, 6.45) is 3.05. The molecule has 112 valence electrons. The van der Waals surface area contributed by atoms with E-state index in [0.717, 1.165) is 12.2 Å².